The maximum Gasteiger partial charge on any atom is 0.112 e. The molecule has 1 heterocycles. The maximum absolute atomic E-state index is 5.43. The molecular weight excluding hydrogens is 209 g/mol. The van der Waals surface area contributed by atoms with Gasteiger partial charge >= 0.3 is 0 Å². The van der Waals surface area contributed by atoms with Crippen LogP contribution < -0.4 is 0 Å². The van der Waals surface area contributed by atoms with Crippen molar-refractivity contribution >= 4 is 43.3 Å². The Morgan fingerprint density at radius 2 is 2.20 bits per heavy atom. The first-order valence-electron chi connectivity index (χ1n) is 2.31. The summed E-state index contributed by atoms with van der Waals surface area (Å²) in [5, 5.41) is 0.733. The first-order chi connectivity index (χ1) is 4.86. The topological polar surface area (TPSA) is 12.9 Å². The lowest BCUT2D eigenvalue weighted by molar-refractivity contribution is 1.09. The molecule has 10 heavy (non-hydrogen) atoms. The average Bonchev–Trinajstić information content (AvgIpc) is 2.05. The van der Waals surface area contributed by atoms with Gasteiger partial charge in [-0.15, -0.1) is 0 Å². The van der Waals surface area contributed by atoms with E-state index in [1.807, 2.05) is 0 Å². The zero-order chi connectivity index (χ0) is 7.40. The van der Waals surface area contributed by atoms with Gasteiger partial charge in [0.05, 0.1) is 0 Å². The highest BCUT2D eigenvalue weighted by molar-refractivity contribution is 8.21. The van der Waals surface area contributed by atoms with E-state index in [4.69, 9.17) is 21.4 Å². The highest BCUT2D eigenvalue weighted by atomic mass is 35.7. The van der Waals surface area contributed by atoms with Crippen molar-refractivity contribution in [2.75, 3.05) is 0 Å². The molecule has 0 unspecified atom stereocenters. The fourth-order valence-electron chi connectivity index (χ4n) is 0.414. The molecule has 0 saturated heterocycles. The van der Waals surface area contributed by atoms with Crippen molar-refractivity contribution in [2.24, 2.45) is 0 Å². The van der Waals surface area contributed by atoms with Gasteiger partial charge in [-0.1, -0.05) is 0 Å². The molecule has 1 rings (SSSR count). The molecule has 0 aliphatic carbocycles. The molecular formula is C5H2Cl2NS2. The number of nitrogens with zero attached hydrogens (tertiary/aromatic N) is 1. The number of aromatic nitrogens is 1. The van der Waals surface area contributed by atoms with E-state index in [0.29, 0.717) is 0 Å². The van der Waals surface area contributed by atoms with Crippen molar-refractivity contribution in [3.8, 4) is 0 Å². The normalized spacial score (nSPS) is 9.80. The zero-order valence-corrected chi connectivity index (χ0v) is 7.82. The van der Waals surface area contributed by atoms with Gasteiger partial charge in [0.2, 0.25) is 0 Å². The van der Waals surface area contributed by atoms with E-state index in [1.54, 1.807) is 12.3 Å². The molecule has 0 atom stereocenters. The molecule has 1 aromatic rings. The minimum atomic E-state index is 0.733. The standard InChI is InChI=1S/C5H2Cl2NS2/c6-9-4-1-2-5(10-7)8-3-4/h2-3H. The molecule has 0 aliphatic heterocycles. The molecule has 0 aromatic carbocycles. The maximum atomic E-state index is 5.43. The number of hydrogen-bond acceptors (Lipinski definition) is 3. The second kappa shape index (κ2) is 4.34. The van der Waals surface area contributed by atoms with Crippen molar-refractivity contribution in [3.05, 3.63) is 18.3 Å². The highest BCUT2D eigenvalue weighted by Crippen LogP contribution is 2.24. The summed E-state index contributed by atoms with van der Waals surface area (Å²) in [7, 11) is 13.0. The Labute approximate surface area is 76.5 Å². The fraction of sp³-hybridized carbons (Fsp3) is 0. The lowest BCUT2D eigenvalue weighted by Gasteiger charge is -1.92. The van der Waals surface area contributed by atoms with Gasteiger partial charge in [-0.25, -0.2) is 4.98 Å². The third kappa shape index (κ3) is 2.23. The first-order valence-corrected chi connectivity index (χ1v) is 5.60. The van der Waals surface area contributed by atoms with Crippen LogP contribution in [0.25, 0.3) is 0 Å². The second-order valence-corrected chi connectivity index (χ2v) is 3.50. The van der Waals surface area contributed by atoms with Gasteiger partial charge in [-0.05, 0) is 38.4 Å². The Balaban J connectivity index is 2.80. The summed E-state index contributed by atoms with van der Waals surface area (Å²) in [4.78, 5) is 4.76. The van der Waals surface area contributed by atoms with Gasteiger partial charge in [-0.3, -0.25) is 0 Å². The van der Waals surface area contributed by atoms with E-state index < -0.39 is 0 Å². The average molecular weight is 211 g/mol. The van der Waals surface area contributed by atoms with E-state index in [2.05, 4.69) is 11.1 Å². The molecule has 0 spiro atoms. The van der Waals surface area contributed by atoms with Crippen LogP contribution in [0.1, 0.15) is 0 Å². The Morgan fingerprint density at radius 1 is 1.40 bits per heavy atom. The Bertz CT molecular complexity index is 178. The van der Waals surface area contributed by atoms with Gasteiger partial charge < -0.3 is 0 Å². The molecule has 1 aromatic heterocycles. The predicted octanol–water partition coefficient (Wildman–Crippen LogP) is 3.37. The van der Waals surface area contributed by atoms with Gasteiger partial charge in [0, 0.05) is 28.1 Å². The largest absolute Gasteiger partial charge is 0.247 e. The van der Waals surface area contributed by atoms with Crippen molar-refractivity contribution in [1.29, 1.82) is 0 Å². The number of hydrogen-bond donors (Lipinski definition) is 0. The van der Waals surface area contributed by atoms with Crippen LogP contribution in [-0.2, 0) is 0 Å². The van der Waals surface area contributed by atoms with Crippen LogP contribution in [0.5, 0.6) is 0 Å². The molecule has 1 nitrogen and oxygen atoms in total. The van der Waals surface area contributed by atoms with E-state index in [1.165, 1.54) is 0 Å². The molecule has 0 aliphatic rings. The van der Waals surface area contributed by atoms with Crippen molar-refractivity contribution in [3.63, 3.8) is 0 Å². The molecule has 53 valence electrons. The Kier molecular flexibility index (Phi) is 3.70. The van der Waals surface area contributed by atoms with Crippen LogP contribution in [0.2, 0.25) is 0 Å². The van der Waals surface area contributed by atoms with Gasteiger partial charge in [0.1, 0.15) is 5.03 Å². The lowest BCUT2D eigenvalue weighted by atomic mass is 10.5. The SMILES string of the molecule is ClSc1[c]cc(SCl)nc1. The lowest BCUT2D eigenvalue weighted by Crippen LogP contribution is -1.75. The monoisotopic (exact) mass is 210 g/mol. The molecule has 0 amide bonds. The van der Waals surface area contributed by atoms with E-state index >= 15 is 0 Å². The van der Waals surface area contributed by atoms with Gasteiger partial charge in [0.25, 0.3) is 0 Å². The smallest absolute Gasteiger partial charge is 0.112 e. The number of rotatable bonds is 2. The number of pyridine rings is 1. The highest BCUT2D eigenvalue weighted by Gasteiger charge is 1.93. The van der Waals surface area contributed by atoms with Crippen molar-refractivity contribution in [1.82, 2.24) is 4.98 Å². The fourth-order valence-corrected chi connectivity index (χ4v) is 1.31. The summed E-state index contributed by atoms with van der Waals surface area (Å²) in [6.07, 6.45) is 1.63. The van der Waals surface area contributed by atoms with Crippen LogP contribution >= 0.6 is 43.3 Å². The molecule has 0 N–H and O–H groups in total. The minimum Gasteiger partial charge on any atom is -0.247 e. The van der Waals surface area contributed by atoms with Gasteiger partial charge in [0.15, 0.2) is 0 Å². The van der Waals surface area contributed by atoms with E-state index in [-0.39, 0.29) is 0 Å². The summed E-state index contributed by atoms with van der Waals surface area (Å²) < 4.78 is 0. The Morgan fingerprint density at radius 3 is 2.60 bits per heavy atom. The minimum absolute atomic E-state index is 0.733. The van der Waals surface area contributed by atoms with Crippen LogP contribution in [0.3, 0.4) is 0 Å². The Hall–Kier alpha value is 0.430. The summed E-state index contributed by atoms with van der Waals surface area (Å²) in [6, 6.07) is 4.60. The van der Waals surface area contributed by atoms with Crippen molar-refractivity contribution in [2.45, 2.75) is 9.92 Å². The summed E-state index contributed by atoms with van der Waals surface area (Å²) in [5.41, 5.74) is 0. The molecule has 0 saturated carbocycles. The third-order valence-corrected chi connectivity index (χ3v) is 2.55. The summed E-state index contributed by atoms with van der Waals surface area (Å²) >= 11 is 0. The van der Waals surface area contributed by atoms with Crippen LogP contribution in [0.4, 0.5) is 0 Å². The molecule has 0 bridgehead atoms. The van der Waals surface area contributed by atoms with Crippen LogP contribution in [0, 0.1) is 6.07 Å². The summed E-state index contributed by atoms with van der Waals surface area (Å²) in [6.45, 7) is 0. The number of halogens is 2. The molecule has 5 heteroatoms. The summed E-state index contributed by atoms with van der Waals surface area (Å²) in [5.74, 6) is 0. The zero-order valence-electron chi connectivity index (χ0n) is 4.67. The van der Waals surface area contributed by atoms with Crippen LogP contribution in [0.15, 0.2) is 22.2 Å². The molecule has 1 radical (unpaired) electrons. The quantitative estimate of drug-likeness (QED) is 0.744. The van der Waals surface area contributed by atoms with E-state index in [9.17, 15) is 0 Å². The van der Waals surface area contributed by atoms with E-state index in [0.717, 1.165) is 31.9 Å². The second-order valence-electron chi connectivity index (χ2n) is 1.40. The first kappa shape index (κ1) is 8.53. The third-order valence-electron chi connectivity index (χ3n) is 0.809. The molecule has 0 fully saturated rings. The van der Waals surface area contributed by atoms with Crippen molar-refractivity contribution < 1.29 is 0 Å². The van der Waals surface area contributed by atoms with Crippen LogP contribution in [-0.4, -0.2) is 4.98 Å². The van der Waals surface area contributed by atoms with Gasteiger partial charge in [-0.2, -0.15) is 0 Å². The predicted molar refractivity (Wildman–Crippen MR) is 46.5 cm³/mol.